The third-order valence-electron chi connectivity index (χ3n) is 3.51. The topological polar surface area (TPSA) is 71.5 Å². The summed E-state index contributed by atoms with van der Waals surface area (Å²) in [6.45, 7) is 6.09. The maximum absolute atomic E-state index is 12.6. The van der Waals surface area contributed by atoms with E-state index in [1.54, 1.807) is 12.5 Å². The van der Waals surface area contributed by atoms with E-state index in [0.717, 1.165) is 16.3 Å². The lowest BCUT2D eigenvalue weighted by Crippen LogP contribution is -2.42. The summed E-state index contributed by atoms with van der Waals surface area (Å²) >= 11 is 1.40. The van der Waals surface area contributed by atoms with E-state index in [2.05, 4.69) is 10.3 Å². The molecule has 0 bridgehead atoms. The third-order valence-corrected chi connectivity index (χ3v) is 4.40. The summed E-state index contributed by atoms with van der Waals surface area (Å²) in [6, 6.07) is 7.56. The van der Waals surface area contributed by atoms with Crippen LogP contribution in [0.4, 0.5) is 0 Å². The number of ether oxygens (including phenoxy) is 1. The Morgan fingerprint density at radius 2 is 1.96 bits per heavy atom. The number of amides is 2. The van der Waals surface area contributed by atoms with E-state index >= 15 is 0 Å². The fourth-order valence-electron chi connectivity index (χ4n) is 2.27. The molecule has 0 fully saturated rings. The van der Waals surface area contributed by atoms with Crippen molar-refractivity contribution in [3.8, 4) is 16.3 Å². The second kappa shape index (κ2) is 8.62. The summed E-state index contributed by atoms with van der Waals surface area (Å²) in [7, 11) is 1.62. The molecular formula is C18H23N3O3S. The number of nitrogens with zero attached hydrogens (tertiary/aromatic N) is 2. The number of rotatable bonds is 7. The quantitative estimate of drug-likeness (QED) is 0.823. The number of carbonyl (C=O) groups excluding carboxylic acids is 2. The Balaban J connectivity index is 2.10. The van der Waals surface area contributed by atoms with Crippen LogP contribution >= 0.6 is 11.3 Å². The molecule has 2 aromatic rings. The van der Waals surface area contributed by atoms with E-state index in [4.69, 9.17) is 4.74 Å². The van der Waals surface area contributed by atoms with Gasteiger partial charge in [0.25, 0.3) is 5.91 Å². The van der Waals surface area contributed by atoms with Crippen molar-refractivity contribution >= 4 is 23.2 Å². The highest BCUT2D eigenvalue weighted by Gasteiger charge is 2.20. The minimum Gasteiger partial charge on any atom is -0.497 e. The highest BCUT2D eigenvalue weighted by molar-refractivity contribution is 7.13. The van der Waals surface area contributed by atoms with Gasteiger partial charge in [-0.2, -0.15) is 0 Å². The van der Waals surface area contributed by atoms with Crippen molar-refractivity contribution < 1.29 is 14.3 Å². The lowest BCUT2D eigenvalue weighted by Gasteiger charge is -2.20. The van der Waals surface area contributed by atoms with Crippen LogP contribution in [0.15, 0.2) is 29.6 Å². The highest BCUT2D eigenvalue weighted by Crippen LogP contribution is 2.26. The van der Waals surface area contributed by atoms with Gasteiger partial charge in [-0.05, 0) is 45.0 Å². The highest BCUT2D eigenvalue weighted by atomic mass is 32.1. The van der Waals surface area contributed by atoms with Crippen molar-refractivity contribution in [2.24, 2.45) is 0 Å². The molecule has 134 valence electrons. The molecule has 7 heteroatoms. The molecule has 1 aromatic carbocycles. The molecule has 0 aliphatic rings. The molecule has 1 heterocycles. The van der Waals surface area contributed by atoms with Crippen LogP contribution in [0.3, 0.4) is 0 Å². The number of carbonyl (C=O) groups is 2. The van der Waals surface area contributed by atoms with Crippen LogP contribution < -0.4 is 10.1 Å². The Morgan fingerprint density at radius 3 is 2.52 bits per heavy atom. The van der Waals surface area contributed by atoms with E-state index in [0.29, 0.717) is 12.2 Å². The molecule has 0 spiro atoms. The number of methoxy groups -OCH3 is 1. The summed E-state index contributed by atoms with van der Waals surface area (Å²) in [5, 5.41) is 5.28. The fraction of sp³-hybridized carbons (Fsp3) is 0.389. The zero-order valence-electron chi connectivity index (χ0n) is 14.9. The molecule has 0 atom stereocenters. The van der Waals surface area contributed by atoms with Gasteiger partial charge in [0.05, 0.1) is 13.7 Å². The average molecular weight is 361 g/mol. The lowest BCUT2D eigenvalue weighted by atomic mass is 10.2. The Morgan fingerprint density at radius 1 is 1.28 bits per heavy atom. The molecule has 0 radical (unpaired) electrons. The molecule has 0 aliphatic carbocycles. The first-order valence-electron chi connectivity index (χ1n) is 8.13. The standard InChI is InChI=1S/C18H23N3O3S/c1-5-21(10-16(22)19-12(2)3)18(23)15-11-25-17(20-15)13-6-8-14(24-4)9-7-13/h6-9,11-12H,5,10H2,1-4H3,(H,19,22). The summed E-state index contributed by atoms with van der Waals surface area (Å²) < 4.78 is 5.14. The predicted octanol–water partition coefficient (Wildman–Crippen LogP) is 2.81. The second-order valence-corrected chi connectivity index (χ2v) is 6.67. The number of nitrogens with one attached hydrogen (secondary N) is 1. The van der Waals surface area contributed by atoms with Gasteiger partial charge in [0.15, 0.2) is 0 Å². The largest absolute Gasteiger partial charge is 0.497 e. The number of hydrogen-bond donors (Lipinski definition) is 1. The minimum atomic E-state index is -0.239. The maximum atomic E-state index is 12.6. The third kappa shape index (κ3) is 5.03. The van der Waals surface area contributed by atoms with E-state index in [9.17, 15) is 9.59 Å². The van der Waals surface area contributed by atoms with E-state index in [1.165, 1.54) is 16.2 Å². The van der Waals surface area contributed by atoms with Crippen molar-refractivity contribution in [2.75, 3.05) is 20.2 Å². The number of likely N-dealkylation sites (N-methyl/N-ethyl adjacent to an activating group) is 1. The van der Waals surface area contributed by atoms with Gasteiger partial charge in [0.1, 0.15) is 16.5 Å². The average Bonchev–Trinajstić information content (AvgIpc) is 3.08. The molecule has 0 saturated carbocycles. The van der Waals surface area contributed by atoms with Crippen molar-refractivity contribution in [1.29, 1.82) is 0 Å². The van der Waals surface area contributed by atoms with Crippen LogP contribution in [-0.2, 0) is 4.79 Å². The molecule has 1 N–H and O–H groups in total. The van der Waals surface area contributed by atoms with Crippen LogP contribution in [-0.4, -0.2) is 47.9 Å². The molecule has 0 aliphatic heterocycles. The van der Waals surface area contributed by atoms with E-state index < -0.39 is 0 Å². The maximum Gasteiger partial charge on any atom is 0.273 e. The Labute approximate surface area is 151 Å². The SMILES string of the molecule is CCN(CC(=O)NC(C)C)C(=O)c1csc(-c2ccc(OC)cc2)n1. The molecule has 2 rings (SSSR count). The first kappa shape index (κ1) is 18.9. The van der Waals surface area contributed by atoms with Gasteiger partial charge in [0.2, 0.25) is 5.91 Å². The van der Waals surface area contributed by atoms with Crippen molar-refractivity contribution in [3.05, 3.63) is 35.3 Å². The van der Waals surface area contributed by atoms with Crippen LogP contribution in [0, 0.1) is 0 Å². The van der Waals surface area contributed by atoms with Gasteiger partial charge in [0, 0.05) is 23.5 Å². The first-order chi connectivity index (χ1) is 11.9. The molecule has 6 nitrogen and oxygen atoms in total. The van der Waals surface area contributed by atoms with Crippen molar-refractivity contribution in [2.45, 2.75) is 26.8 Å². The van der Waals surface area contributed by atoms with E-state index in [-0.39, 0.29) is 24.4 Å². The molecule has 1 aromatic heterocycles. The van der Waals surface area contributed by atoms with Gasteiger partial charge in [-0.1, -0.05) is 0 Å². The van der Waals surface area contributed by atoms with Crippen LogP contribution in [0.5, 0.6) is 5.75 Å². The predicted molar refractivity (Wildman–Crippen MR) is 99.0 cm³/mol. The van der Waals surface area contributed by atoms with Crippen LogP contribution in [0.2, 0.25) is 0 Å². The van der Waals surface area contributed by atoms with Gasteiger partial charge in [-0.15, -0.1) is 11.3 Å². The number of thiazole rings is 1. The van der Waals surface area contributed by atoms with Crippen LogP contribution in [0.25, 0.3) is 10.6 Å². The van der Waals surface area contributed by atoms with Crippen LogP contribution in [0.1, 0.15) is 31.3 Å². The smallest absolute Gasteiger partial charge is 0.273 e. The summed E-state index contributed by atoms with van der Waals surface area (Å²) in [6.07, 6.45) is 0. The monoisotopic (exact) mass is 361 g/mol. The Hall–Kier alpha value is -2.41. The molecular weight excluding hydrogens is 338 g/mol. The second-order valence-electron chi connectivity index (χ2n) is 5.81. The normalized spacial score (nSPS) is 10.6. The molecule has 0 unspecified atom stereocenters. The van der Waals surface area contributed by atoms with Crippen molar-refractivity contribution in [3.63, 3.8) is 0 Å². The Bertz CT molecular complexity index is 725. The first-order valence-corrected chi connectivity index (χ1v) is 9.01. The Kier molecular flexibility index (Phi) is 6.52. The van der Waals surface area contributed by atoms with Gasteiger partial charge < -0.3 is 15.0 Å². The number of hydrogen-bond acceptors (Lipinski definition) is 5. The lowest BCUT2D eigenvalue weighted by molar-refractivity contribution is -0.122. The van der Waals surface area contributed by atoms with Gasteiger partial charge in [-0.25, -0.2) is 4.98 Å². The fourth-order valence-corrected chi connectivity index (χ4v) is 3.07. The van der Waals surface area contributed by atoms with Gasteiger partial charge >= 0.3 is 0 Å². The summed E-state index contributed by atoms with van der Waals surface area (Å²) in [4.78, 5) is 30.4. The number of aromatic nitrogens is 1. The zero-order chi connectivity index (χ0) is 18.4. The summed E-state index contributed by atoms with van der Waals surface area (Å²) in [5.41, 5.74) is 1.28. The number of benzene rings is 1. The summed E-state index contributed by atoms with van der Waals surface area (Å²) in [5.74, 6) is 0.359. The zero-order valence-corrected chi connectivity index (χ0v) is 15.7. The van der Waals surface area contributed by atoms with Crippen molar-refractivity contribution in [1.82, 2.24) is 15.2 Å². The minimum absolute atomic E-state index is 0.0307. The van der Waals surface area contributed by atoms with E-state index in [1.807, 2.05) is 45.0 Å². The van der Waals surface area contributed by atoms with Gasteiger partial charge in [-0.3, -0.25) is 9.59 Å². The molecule has 25 heavy (non-hydrogen) atoms. The molecule has 0 saturated heterocycles. The molecule has 2 amide bonds.